The topological polar surface area (TPSA) is 220 Å². The molecule has 15 heteroatoms. The first-order valence-corrected chi connectivity index (χ1v) is 6.40. The zero-order valence-corrected chi connectivity index (χ0v) is 12.7. The lowest BCUT2D eigenvalue weighted by atomic mass is 9.86. The molecule has 22 heavy (non-hydrogen) atoms. The van der Waals surface area contributed by atoms with E-state index in [0.717, 1.165) is 0 Å². The van der Waals surface area contributed by atoms with Gasteiger partial charge in [-0.05, 0) is 12.8 Å². The van der Waals surface area contributed by atoms with Gasteiger partial charge in [-0.25, -0.2) is 0 Å². The third-order valence-electron chi connectivity index (χ3n) is 1.99. The summed E-state index contributed by atoms with van der Waals surface area (Å²) < 4.78 is 0. The quantitative estimate of drug-likeness (QED) is 0.235. The summed E-state index contributed by atoms with van der Waals surface area (Å²) >= 11 is 3.20. The van der Waals surface area contributed by atoms with Crippen LogP contribution in [-0.4, -0.2) is 61.0 Å². The maximum Gasteiger partial charge on any atom is 0.294 e. The second-order valence-corrected chi connectivity index (χ2v) is 4.37. The summed E-state index contributed by atoms with van der Waals surface area (Å²) in [5, 5.41) is 55.1. The van der Waals surface area contributed by atoms with Gasteiger partial charge in [0, 0.05) is 10.7 Å². The van der Waals surface area contributed by atoms with Crippen molar-refractivity contribution in [3.05, 3.63) is 30.3 Å². The van der Waals surface area contributed by atoms with Gasteiger partial charge in [0.2, 0.25) is 0 Å². The minimum absolute atomic E-state index is 0.278. The number of hydrogen-bond acceptors (Lipinski definition) is 9. The molecule has 4 N–H and O–H groups in total. The minimum Gasteiger partial charge on any atom is -0.396 e. The Balaban J connectivity index is -0.000000372. The van der Waals surface area contributed by atoms with E-state index < -0.39 is 20.7 Å². The highest BCUT2D eigenvalue weighted by molar-refractivity contribution is 9.09. The molecule has 0 amide bonds. The highest BCUT2D eigenvalue weighted by atomic mass is 79.9. The molecule has 0 spiro atoms. The normalized spacial score (nSPS) is 9.41. The molecule has 14 nitrogen and oxygen atoms in total. The zero-order chi connectivity index (χ0) is 18.2. The van der Waals surface area contributed by atoms with Crippen LogP contribution in [0.5, 0.6) is 0 Å². The zero-order valence-electron chi connectivity index (χ0n) is 11.1. The molecule has 0 aliphatic rings. The Labute approximate surface area is 131 Å². The number of hydrogen-bond donors (Lipinski definition) is 4. The van der Waals surface area contributed by atoms with Crippen LogP contribution in [-0.2, 0) is 4.84 Å². The monoisotopic (exact) mass is 397 g/mol. The van der Waals surface area contributed by atoms with Gasteiger partial charge >= 0.3 is 0 Å². The van der Waals surface area contributed by atoms with E-state index in [4.69, 9.17) is 40.9 Å². The highest BCUT2D eigenvalue weighted by Gasteiger charge is 2.29. The van der Waals surface area contributed by atoms with Crippen molar-refractivity contribution in [1.82, 2.24) is 0 Å². The Morgan fingerprint density at radius 3 is 1.59 bits per heavy atom. The van der Waals surface area contributed by atoms with Crippen LogP contribution < -0.4 is 0 Å². The second-order valence-electron chi connectivity index (χ2n) is 3.58. The van der Waals surface area contributed by atoms with Crippen LogP contribution in [0.25, 0.3) is 0 Å². The molecular formula is C7H16BrN3O11. The molecule has 0 atom stereocenters. The predicted molar refractivity (Wildman–Crippen MR) is 70.1 cm³/mol. The fourth-order valence-electron chi connectivity index (χ4n) is 1.00. The van der Waals surface area contributed by atoms with Crippen molar-refractivity contribution >= 4 is 15.9 Å². The summed E-state index contributed by atoms with van der Waals surface area (Å²) in [6.45, 7) is -0.936. The number of nitrogens with zero attached hydrogens (tertiary/aromatic N) is 3. The molecule has 0 heterocycles. The van der Waals surface area contributed by atoms with Crippen molar-refractivity contribution < 1.29 is 40.7 Å². The van der Waals surface area contributed by atoms with Crippen molar-refractivity contribution in [2.24, 2.45) is 5.41 Å². The van der Waals surface area contributed by atoms with E-state index in [-0.39, 0.29) is 19.8 Å². The highest BCUT2D eigenvalue weighted by Crippen LogP contribution is 2.23. The Hall–Kier alpha value is -2.00. The van der Waals surface area contributed by atoms with Gasteiger partial charge in [0.25, 0.3) is 15.3 Å². The van der Waals surface area contributed by atoms with E-state index in [2.05, 4.69) is 20.8 Å². The van der Waals surface area contributed by atoms with E-state index in [9.17, 15) is 10.1 Å². The molecule has 0 aromatic heterocycles. The lowest BCUT2D eigenvalue weighted by Crippen LogP contribution is -2.36. The summed E-state index contributed by atoms with van der Waals surface area (Å²) in [7, 11) is 0. The van der Waals surface area contributed by atoms with Crippen molar-refractivity contribution in [1.29, 1.82) is 0 Å². The van der Waals surface area contributed by atoms with Crippen LogP contribution >= 0.6 is 15.9 Å². The third-order valence-corrected chi connectivity index (χ3v) is 2.55. The van der Waals surface area contributed by atoms with Crippen molar-refractivity contribution in [2.75, 3.05) is 25.2 Å². The van der Waals surface area contributed by atoms with E-state index in [1.165, 1.54) is 0 Å². The van der Waals surface area contributed by atoms with E-state index in [1.807, 2.05) is 0 Å². The minimum atomic E-state index is -1.50. The van der Waals surface area contributed by atoms with E-state index >= 15 is 0 Å². The first-order valence-electron chi connectivity index (χ1n) is 5.28. The van der Waals surface area contributed by atoms with Gasteiger partial charge in [0.15, 0.2) is 0 Å². The second kappa shape index (κ2) is 15.4. The standard InChI is InChI=1S/C7H14BrNO5.2HNO3/c8-3-1-2-7(4-10,5-11)6-14-9(12)13;2*2-1(3)4/h10-11H,1-6H2;2*(H,2,3,4). The van der Waals surface area contributed by atoms with Gasteiger partial charge in [-0.1, -0.05) is 15.9 Å². The van der Waals surface area contributed by atoms with Crippen molar-refractivity contribution in [2.45, 2.75) is 12.8 Å². The van der Waals surface area contributed by atoms with Gasteiger partial charge in [0.1, 0.15) is 6.61 Å². The predicted octanol–water partition coefficient (Wildman–Crippen LogP) is -0.355. The average molecular weight is 398 g/mol. The van der Waals surface area contributed by atoms with Crippen molar-refractivity contribution in [3.8, 4) is 0 Å². The van der Waals surface area contributed by atoms with Crippen LogP contribution in [0.15, 0.2) is 0 Å². The molecule has 0 unspecified atom stereocenters. The molecule has 0 saturated heterocycles. The number of rotatable bonds is 8. The largest absolute Gasteiger partial charge is 0.396 e. The van der Waals surface area contributed by atoms with E-state index in [1.54, 1.807) is 0 Å². The van der Waals surface area contributed by atoms with Gasteiger partial charge in [-0.15, -0.1) is 30.3 Å². The molecule has 0 radical (unpaired) electrons. The molecule has 0 bridgehead atoms. The van der Waals surface area contributed by atoms with Crippen LogP contribution in [0.3, 0.4) is 0 Å². The number of aliphatic hydroxyl groups excluding tert-OH is 2. The molecule has 0 aliphatic heterocycles. The Kier molecular flexibility index (Phi) is 17.5. The molecule has 132 valence electrons. The van der Waals surface area contributed by atoms with Gasteiger partial charge in [-0.2, -0.15) is 0 Å². The van der Waals surface area contributed by atoms with Gasteiger partial charge in [-0.3, -0.25) is 0 Å². The molecule has 0 aromatic carbocycles. The fourth-order valence-corrected chi connectivity index (χ4v) is 1.28. The Morgan fingerprint density at radius 1 is 1.00 bits per heavy atom. The fraction of sp³-hybridized carbons (Fsp3) is 1.00. The molecular weight excluding hydrogens is 382 g/mol. The van der Waals surface area contributed by atoms with Crippen molar-refractivity contribution in [3.63, 3.8) is 0 Å². The summed E-state index contributed by atoms with van der Waals surface area (Å²) in [5.74, 6) is 0. The average Bonchev–Trinajstić information content (AvgIpc) is 2.38. The molecule has 0 saturated carbocycles. The maximum absolute atomic E-state index is 9.96. The maximum atomic E-state index is 9.96. The lowest BCUT2D eigenvalue weighted by molar-refractivity contribution is -0.761. The first kappa shape index (κ1) is 25.0. The summed E-state index contributed by atoms with van der Waals surface area (Å²) in [5.41, 5.74) is -0.916. The Bertz CT molecular complexity index is 305. The number of halogens is 1. The summed E-state index contributed by atoms with van der Waals surface area (Å²) in [6, 6.07) is 0. The third kappa shape index (κ3) is 23.1. The van der Waals surface area contributed by atoms with Gasteiger partial charge in [0.05, 0.1) is 13.2 Å². The van der Waals surface area contributed by atoms with Crippen LogP contribution in [0.2, 0.25) is 0 Å². The molecule has 0 fully saturated rings. The van der Waals surface area contributed by atoms with Crippen LogP contribution in [0, 0.1) is 35.8 Å². The molecule has 0 aromatic rings. The SMILES string of the molecule is O=[N+]([O-])O.O=[N+]([O-])O.O=[N+]([O-])OCC(CO)(CO)CCCBr. The first-order chi connectivity index (χ1) is 10.1. The van der Waals surface area contributed by atoms with Gasteiger partial charge < -0.3 is 25.5 Å². The molecule has 0 rings (SSSR count). The van der Waals surface area contributed by atoms with Crippen LogP contribution in [0.1, 0.15) is 12.8 Å². The Morgan fingerprint density at radius 2 is 1.36 bits per heavy atom. The van der Waals surface area contributed by atoms with Crippen LogP contribution in [0.4, 0.5) is 0 Å². The lowest BCUT2D eigenvalue weighted by Gasteiger charge is -2.27. The molecule has 0 aliphatic carbocycles. The summed E-state index contributed by atoms with van der Waals surface area (Å²) in [6.07, 6.45) is 1.18. The smallest absolute Gasteiger partial charge is 0.294 e. The number of alkyl halides is 1. The van der Waals surface area contributed by atoms with E-state index in [0.29, 0.717) is 18.2 Å². The number of aliphatic hydroxyl groups is 2. The summed E-state index contributed by atoms with van der Waals surface area (Å²) in [4.78, 5) is 30.9.